The largest absolute Gasteiger partial charge is 0.369 e. The summed E-state index contributed by atoms with van der Waals surface area (Å²) in [5, 5.41) is 19.8. The van der Waals surface area contributed by atoms with E-state index in [4.69, 9.17) is 0 Å². The molecule has 0 fully saturated rings. The average Bonchev–Trinajstić information content (AvgIpc) is 2.91. The number of aromatic nitrogens is 4. The third kappa shape index (κ3) is 1.63. The van der Waals surface area contributed by atoms with Crippen molar-refractivity contribution >= 4 is 28.9 Å². The Morgan fingerprint density at radius 3 is 2.43 bits per heavy atom. The Bertz CT molecular complexity index is 837. The maximum atomic E-state index is 12.3. The predicted molar refractivity (Wildman–Crippen MR) is 68.5 cm³/mol. The smallest absolute Gasteiger partial charge is 0.285 e. The molecule has 0 saturated carbocycles. The third-order valence-corrected chi connectivity index (χ3v) is 3.27. The van der Waals surface area contributed by atoms with Gasteiger partial charge in [0.1, 0.15) is 6.33 Å². The molecule has 1 aliphatic rings. The van der Waals surface area contributed by atoms with Crippen LogP contribution >= 0.6 is 0 Å². The number of aliphatic hydroxyl groups excluding tert-OH is 2. The van der Waals surface area contributed by atoms with Gasteiger partial charge < -0.3 is 10.2 Å². The zero-order chi connectivity index (χ0) is 15.5. The molecule has 0 aliphatic carbocycles. The first-order valence-corrected chi connectivity index (χ1v) is 6.01. The van der Waals surface area contributed by atoms with Crippen LogP contribution in [0.15, 0.2) is 11.1 Å². The molecule has 2 atom stereocenters. The summed E-state index contributed by atoms with van der Waals surface area (Å²) in [6, 6.07) is 0. The molecular formula is C11H11N5O5. The van der Waals surface area contributed by atoms with Crippen molar-refractivity contribution in [1.82, 2.24) is 19.1 Å². The summed E-state index contributed by atoms with van der Waals surface area (Å²) in [6.07, 6.45) is -2.13. The first-order chi connectivity index (χ1) is 9.84. The Morgan fingerprint density at radius 1 is 1.19 bits per heavy atom. The fraction of sp³-hybridized carbons (Fsp3) is 0.364. The number of nitrogens with zero attached hydrogens (tertiary/aromatic N) is 5. The number of anilines is 1. The van der Waals surface area contributed by atoms with Crippen LogP contribution < -0.4 is 10.5 Å². The molecule has 110 valence electrons. The second-order valence-corrected chi connectivity index (χ2v) is 4.61. The minimum absolute atomic E-state index is 0.0358. The predicted octanol–water partition coefficient (Wildman–Crippen LogP) is -1.57. The zero-order valence-electron chi connectivity index (χ0n) is 11.1. The summed E-state index contributed by atoms with van der Waals surface area (Å²) in [5.74, 6) is -1.25. The van der Waals surface area contributed by atoms with E-state index in [1.807, 2.05) is 0 Å². The number of amides is 1. The van der Waals surface area contributed by atoms with Gasteiger partial charge in [-0.1, -0.05) is 0 Å². The van der Waals surface area contributed by atoms with Gasteiger partial charge in [-0.25, -0.2) is 9.55 Å². The molecule has 2 N–H and O–H groups in total. The van der Waals surface area contributed by atoms with Gasteiger partial charge in [0, 0.05) is 13.8 Å². The topological polar surface area (TPSA) is 131 Å². The van der Waals surface area contributed by atoms with Gasteiger partial charge in [0.25, 0.3) is 5.56 Å². The Balaban J connectivity index is 2.40. The molecule has 10 nitrogen and oxygen atoms in total. The van der Waals surface area contributed by atoms with Gasteiger partial charge >= 0.3 is 0 Å². The standard InChI is InChI=1S/C11H11N5O5/c1-4(17)14-3-12-6-7(14)13-11-15(5(2)18)9(20)10(21)16(11)8(6)19/h3,9-10,20-21H,1-2H3. The van der Waals surface area contributed by atoms with E-state index in [-0.39, 0.29) is 17.1 Å². The molecule has 0 saturated heterocycles. The van der Waals surface area contributed by atoms with Crippen LogP contribution in [-0.4, -0.2) is 47.4 Å². The molecule has 0 bridgehead atoms. The summed E-state index contributed by atoms with van der Waals surface area (Å²) in [5.41, 5.74) is -0.915. The Kier molecular flexibility index (Phi) is 2.68. The molecule has 0 radical (unpaired) electrons. The quantitative estimate of drug-likeness (QED) is 0.600. The van der Waals surface area contributed by atoms with Crippen LogP contribution in [0.3, 0.4) is 0 Å². The van der Waals surface area contributed by atoms with Crippen LogP contribution in [0.1, 0.15) is 24.9 Å². The maximum Gasteiger partial charge on any atom is 0.285 e. The van der Waals surface area contributed by atoms with Crippen molar-refractivity contribution in [2.45, 2.75) is 26.3 Å². The summed E-state index contributed by atoms with van der Waals surface area (Å²) < 4.78 is 1.82. The lowest BCUT2D eigenvalue weighted by Gasteiger charge is -2.17. The van der Waals surface area contributed by atoms with Crippen LogP contribution in [0.25, 0.3) is 11.2 Å². The van der Waals surface area contributed by atoms with Crippen LogP contribution in [0.2, 0.25) is 0 Å². The van der Waals surface area contributed by atoms with E-state index in [0.29, 0.717) is 0 Å². The van der Waals surface area contributed by atoms with E-state index in [9.17, 15) is 24.6 Å². The first kappa shape index (κ1) is 13.4. The maximum absolute atomic E-state index is 12.3. The molecule has 3 rings (SSSR count). The van der Waals surface area contributed by atoms with E-state index < -0.39 is 29.8 Å². The van der Waals surface area contributed by atoms with Crippen molar-refractivity contribution < 1.29 is 19.8 Å². The van der Waals surface area contributed by atoms with Crippen molar-refractivity contribution in [3.05, 3.63) is 16.7 Å². The second kappa shape index (κ2) is 4.20. The van der Waals surface area contributed by atoms with Crippen molar-refractivity contribution in [3.8, 4) is 0 Å². The molecule has 1 amide bonds. The van der Waals surface area contributed by atoms with Gasteiger partial charge in [-0.2, -0.15) is 4.98 Å². The molecule has 0 spiro atoms. The average molecular weight is 293 g/mol. The van der Waals surface area contributed by atoms with E-state index in [2.05, 4.69) is 9.97 Å². The summed E-state index contributed by atoms with van der Waals surface area (Å²) >= 11 is 0. The minimum atomic E-state index is -1.64. The number of hydrogen-bond donors (Lipinski definition) is 2. The molecule has 10 heteroatoms. The number of carbonyl (C=O) groups excluding carboxylic acids is 2. The van der Waals surface area contributed by atoms with Gasteiger partial charge in [-0.3, -0.25) is 23.9 Å². The number of carbonyl (C=O) groups is 2. The summed E-state index contributed by atoms with van der Waals surface area (Å²) in [4.78, 5) is 44.0. The molecule has 2 unspecified atom stereocenters. The summed E-state index contributed by atoms with van der Waals surface area (Å²) in [6.45, 7) is 2.42. The van der Waals surface area contributed by atoms with Gasteiger partial charge in [-0.15, -0.1) is 0 Å². The van der Waals surface area contributed by atoms with E-state index in [1.54, 1.807) is 0 Å². The number of hydrogen-bond acceptors (Lipinski definition) is 7. The number of imidazole rings is 1. The number of aliphatic hydroxyl groups is 2. The fourth-order valence-electron chi connectivity index (χ4n) is 2.30. The van der Waals surface area contributed by atoms with E-state index in [1.165, 1.54) is 6.92 Å². The van der Waals surface area contributed by atoms with Gasteiger partial charge in [0.2, 0.25) is 17.8 Å². The van der Waals surface area contributed by atoms with E-state index >= 15 is 0 Å². The second-order valence-electron chi connectivity index (χ2n) is 4.61. The highest BCUT2D eigenvalue weighted by molar-refractivity contribution is 5.93. The molecule has 21 heavy (non-hydrogen) atoms. The molecule has 2 aromatic rings. The van der Waals surface area contributed by atoms with Crippen molar-refractivity contribution in [1.29, 1.82) is 0 Å². The Morgan fingerprint density at radius 2 is 1.86 bits per heavy atom. The van der Waals surface area contributed by atoms with Crippen molar-refractivity contribution in [2.24, 2.45) is 0 Å². The van der Waals surface area contributed by atoms with Crippen molar-refractivity contribution in [2.75, 3.05) is 4.90 Å². The van der Waals surface area contributed by atoms with E-state index in [0.717, 1.165) is 27.3 Å². The monoisotopic (exact) mass is 293 g/mol. The molecule has 1 aliphatic heterocycles. The highest BCUT2D eigenvalue weighted by Gasteiger charge is 2.41. The molecule has 2 aromatic heterocycles. The number of fused-ring (bicyclic) bond motifs is 2. The van der Waals surface area contributed by atoms with Crippen LogP contribution in [-0.2, 0) is 4.79 Å². The minimum Gasteiger partial charge on any atom is -0.369 e. The van der Waals surface area contributed by atoms with Gasteiger partial charge in [0.05, 0.1) is 0 Å². The van der Waals surface area contributed by atoms with Gasteiger partial charge in [-0.05, 0) is 0 Å². The summed E-state index contributed by atoms with van der Waals surface area (Å²) in [7, 11) is 0. The third-order valence-electron chi connectivity index (χ3n) is 3.27. The zero-order valence-corrected chi connectivity index (χ0v) is 11.1. The highest BCUT2D eigenvalue weighted by Crippen LogP contribution is 2.29. The lowest BCUT2D eigenvalue weighted by molar-refractivity contribution is -0.120. The molecule has 0 aromatic carbocycles. The van der Waals surface area contributed by atoms with Crippen LogP contribution in [0.4, 0.5) is 5.95 Å². The van der Waals surface area contributed by atoms with Gasteiger partial charge in [0.15, 0.2) is 23.6 Å². The SMILES string of the molecule is CC(=O)N1c2nc3c(ncn3C(C)=O)c(=O)n2C(O)C1O. The Hall–Kier alpha value is -2.59. The highest BCUT2D eigenvalue weighted by atomic mass is 16.4. The molecular weight excluding hydrogens is 282 g/mol. The first-order valence-electron chi connectivity index (χ1n) is 6.01. The lowest BCUT2D eigenvalue weighted by Crippen LogP contribution is -2.38. The lowest BCUT2D eigenvalue weighted by atomic mass is 10.4. The van der Waals surface area contributed by atoms with Crippen molar-refractivity contribution in [3.63, 3.8) is 0 Å². The van der Waals surface area contributed by atoms with Crippen LogP contribution in [0, 0.1) is 0 Å². The number of rotatable bonds is 0. The normalized spacial score (nSPS) is 20.9. The Labute approximate surface area is 116 Å². The molecule has 3 heterocycles. The fourth-order valence-corrected chi connectivity index (χ4v) is 2.30. The van der Waals surface area contributed by atoms with Crippen LogP contribution in [0.5, 0.6) is 0 Å².